The second kappa shape index (κ2) is 4.62. The highest BCUT2D eigenvalue weighted by Gasteiger charge is 2.11. The average molecular weight is 210 g/mol. The number of H-pyrrole nitrogens is 1. The molecular weight excluding hydrogens is 200 g/mol. The van der Waals surface area contributed by atoms with Crippen molar-refractivity contribution in [2.45, 2.75) is 5.03 Å². The highest BCUT2D eigenvalue weighted by atomic mass is 32.2. The normalized spacial score (nSPS) is 10.4. The van der Waals surface area contributed by atoms with Crippen molar-refractivity contribution in [3.05, 3.63) is 5.56 Å². The molecule has 0 aliphatic carbocycles. The molecule has 0 aliphatic rings. The van der Waals surface area contributed by atoms with E-state index in [2.05, 4.69) is 20.5 Å². The molecule has 0 unspecified atom stereocenters. The Hall–Kier alpha value is -1.55. The van der Waals surface area contributed by atoms with Gasteiger partial charge in [0.05, 0.1) is 0 Å². The van der Waals surface area contributed by atoms with E-state index in [0.29, 0.717) is 16.4 Å². The molecule has 0 saturated heterocycles. The van der Waals surface area contributed by atoms with Gasteiger partial charge in [-0.05, 0) is 6.26 Å². The number of rotatable bonds is 3. The molecule has 0 aromatic carbocycles. The number of aromatic nitrogens is 2. The molecule has 0 fully saturated rings. The smallest absolute Gasteiger partial charge is 0.191 e. The molecule has 1 rings (SSSR count). The number of nitrogens with zero attached hydrogens (tertiary/aromatic N) is 5. The third-order valence-corrected chi connectivity index (χ3v) is 2.02. The van der Waals surface area contributed by atoms with Crippen LogP contribution in [0.15, 0.2) is 15.4 Å². The van der Waals surface area contributed by atoms with Crippen LogP contribution in [0.4, 0.5) is 5.82 Å². The van der Waals surface area contributed by atoms with Crippen LogP contribution in [0.3, 0.4) is 0 Å². The van der Waals surface area contributed by atoms with Crippen LogP contribution in [0.2, 0.25) is 0 Å². The number of nitrogens with one attached hydrogen (secondary N) is 1. The second-order valence-electron chi connectivity index (χ2n) is 2.60. The maximum atomic E-state index is 8.85. The van der Waals surface area contributed by atoms with Crippen LogP contribution in [-0.2, 0) is 0 Å². The Bertz CT molecular complexity index is 374. The lowest BCUT2D eigenvalue weighted by Crippen LogP contribution is -1.99. The van der Waals surface area contributed by atoms with Crippen molar-refractivity contribution in [2.24, 2.45) is 10.3 Å². The summed E-state index contributed by atoms with van der Waals surface area (Å²) in [4.78, 5) is 0. The van der Waals surface area contributed by atoms with Gasteiger partial charge in [-0.2, -0.15) is 10.4 Å². The van der Waals surface area contributed by atoms with Crippen molar-refractivity contribution >= 4 is 17.6 Å². The van der Waals surface area contributed by atoms with E-state index < -0.39 is 0 Å². The van der Waals surface area contributed by atoms with Gasteiger partial charge >= 0.3 is 0 Å². The van der Waals surface area contributed by atoms with E-state index in [1.54, 1.807) is 19.1 Å². The first-order valence-corrected chi connectivity index (χ1v) is 5.03. The monoisotopic (exact) mass is 210 g/mol. The number of thioether (sulfide) groups is 1. The molecule has 0 aliphatic heterocycles. The standard InChI is InChI=1S/C7H10N6S/c1-13(2)12-10-6-5(4-8)7(14-3)11-9-6/h1-3H3,(H,9,11). The molecule has 0 bridgehead atoms. The van der Waals surface area contributed by atoms with Crippen LogP contribution in [0, 0.1) is 11.3 Å². The fourth-order valence-electron chi connectivity index (χ4n) is 0.772. The zero-order valence-corrected chi connectivity index (χ0v) is 8.96. The van der Waals surface area contributed by atoms with Gasteiger partial charge in [-0.15, -0.1) is 16.9 Å². The second-order valence-corrected chi connectivity index (χ2v) is 3.40. The van der Waals surface area contributed by atoms with Gasteiger partial charge in [-0.1, -0.05) is 5.22 Å². The molecule has 0 radical (unpaired) electrons. The molecule has 1 aromatic heterocycles. The van der Waals surface area contributed by atoms with Gasteiger partial charge in [-0.25, -0.2) is 0 Å². The van der Waals surface area contributed by atoms with Gasteiger partial charge in [0.25, 0.3) is 0 Å². The van der Waals surface area contributed by atoms with E-state index in [1.807, 2.05) is 12.3 Å². The molecule has 1 N–H and O–H groups in total. The van der Waals surface area contributed by atoms with E-state index >= 15 is 0 Å². The number of nitriles is 1. The van der Waals surface area contributed by atoms with Crippen LogP contribution < -0.4 is 0 Å². The summed E-state index contributed by atoms with van der Waals surface area (Å²) in [6.45, 7) is 0. The average Bonchev–Trinajstić information content (AvgIpc) is 2.56. The first kappa shape index (κ1) is 10.5. The molecule has 74 valence electrons. The fraction of sp³-hybridized carbons (Fsp3) is 0.429. The molecule has 0 amide bonds. The van der Waals surface area contributed by atoms with Crippen molar-refractivity contribution in [1.29, 1.82) is 5.26 Å². The Balaban J connectivity index is 2.99. The van der Waals surface area contributed by atoms with Crippen molar-refractivity contribution in [2.75, 3.05) is 20.4 Å². The molecule has 0 saturated carbocycles. The van der Waals surface area contributed by atoms with Crippen molar-refractivity contribution in [1.82, 2.24) is 15.2 Å². The first-order chi connectivity index (χ1) is 6.69. The van der Waals surface area contributed by atoms with E-state index in [0.717, 1.165) is 0 Å². The molecular formula is C7H10N6S. The number of hydrogen-bond acceptors (Lipinski definition) is 5. The Morgan fingerprint density at radius 2 is 2.29 bits per heavy atom. The minimum atomic E-state index is 0.394. The summed E-state index contributed by atoms with van der Waals surface area (Å²) in [5.74, 6) is 0.394. The summed E-state index contributed by atoms with van der Waals surface area (Å²) in [6, 6.07) is 2.03. The predicted molar refractivity (Wildman–Crippen MR) is 53.3 cm³/mol. The third-order valence-electron chi connectivity index (χ3n) is 1.34. The summed E-state index contributed by atoms with van der Waals surface area (Å²) in [6.07, 6.45) is 1.85. The van der Waals surface area contributed by atoms with Crippen LogP contribution in [0.1, 0.15) is 5.56 Å². The molecule has 14 heavy (non-hydrogen) atoms. The molecule has 0 atom stereocenters. The van der Waals surface area contributed by atoms with Gasteiger partial charge in [0.2, 0.25) is 0 Å². The molecule has 1 aromatic rings. The maximum Gasteiger partial charge on any atom is 0.191 e. The van der Waals surface area contributed by atoms with E-state index in [4.69, 9.17) is 5.26 Å². The van der Waals surface area contributed by atoms with Crippen LogP contribution >= 0.6 is 11.8 Å². The Morgan fingerprint density at radius 3 is 2.79 bits per heavy atom. The van der Waals surface area contributed by atoms with Crippen LogP contribution in [0.25, 0.3) is 0 Å². The van der Waals surface area contributed by atoms with E-state index in [1.165, 1.54) is 11.8 Å². The van der Waals surface area contributed by atoms with Crippen LogP contribution in [-0.4, -0.2) is 35.6 Å². The lowest BCUT2D eigenvalue weighted by atomic mass is 10.4. The van der Waals surface area contributed by atoms with Gasteiger partial charge in [0, 0.05) is 14.1 Å². The van der Waals surface area contributed by atoms with Crippen molar-refractivity contribution < 1.29 is 0 Å². The molecule has 1 heterocycles. The Kier molecular flexibility index (Phi) is 3.48. The zero-order chi connectivity index (χ0) is 10.6. The third kappa shape index (κ3) is 2.23. The summed E-state index contributed by atoms with van der Waals surface area (Å²) in [5, 5.41) is 25.2. The molecule has 6 nitrogen and oxygen atoms in total. The molecule has 7 heteroatoms. The lowest BCUT2D eigenvalue weighted by molar-refractivity contribution is 0.407. The molecule has 0 spiro atoms. The Labute approximate surface area is 86.0 Å². The minimum Gasteiger partial charge on any atom is -0.285 e. The largest absolute Gasteiger partial charge is 0.285 e. The zero-order valence-electron chi connectivity index (χ0n) is 8.14. The maximum absolute atomic E-state index is 8.85. The SMILES string of the molecule is CSc1n[nH]c(N=NN(C)C)c1C#N. The highest BCUT2D eigenvalue weighted by Crippen LogP contribution is 2.25. The Morgan fingerprint density at radius 1 is 1.57 bits per heavy atom. The topological polar surface area (TPSA) is 80.4 Å². The van der Waals surface area contributed by atoms with Crippen molar-refractivity contribution in [3.8, 4) is 6.07 Å². The summed E-state index contributed by atoms with van der Waals surface area (Å²) < 4.78 is 0. The van der Waals surface area contributed by atoms with E-state index in [-0.39, 0.29) is 0 Å². The van der Waals surface area contributed by atoms with Gasteiger partial charge in [0.15, 0.2) is 5.82 Å². The quantitative estimate of drug-likeness (QED) is 0.466. The minimum absolute atomic E-state index is 0.394. The van der Waals surface area contributed by atoms with Gasteiger partial charge < -0.3 is 0 Å². The van der Waals surface area contributed by atoms with Crippen LogP contribution in [0.5, 0.6) is 0 Å². The summed E-state index contributed by atoms with van der Waals surface area (Å²) in [7, 11) is 3.50. The van der Waals surface area contributed by atoms with Crippen molar-refractivity contribution in [3.63, 3.8) is 0 Å². The van der Waals surface area contributed by atoms with E-state index in [9.17, 15) is 0 Å². The summed E-state index contributed by atoms with van der Waals surface area (Å²) in [5.41, 5.74) is 0.433. The highest BCUT2D eigenvalue weighted by molar-refractivity contribution is 7.98. The first-order valence-electron chi connectivity index (χ1n) is 3.80. The fourth-order valence-corrected chi connectivity index (χ4v) is 1.26. The predicted octanol–water partition coefficient (Wildman–Crippen LogP) is 1.56. The summed E-state index contributed by atoms with van der Waals surface area (Å²) >= 11 is 1.39. The number of hydrogen-bond donors (Lipinski definition) is 1. The lowest BCUT2D eigenvalue weighted by Gasteiger charge is -1.98. The van der Waals surface area contributed by atoms with Gasteiger partial charge in [0.1, 0.15) is 16.7 Å². The number of aromatic amines is 1. The van der Waals surface area contributed by atoms with Gasteiger partial charge in [-0.3, -0.25) is 10.1 Å².